The van der Waals surface area contributed by atoms with Gasteiger partial charge in [0, 0.05) is 40.2 Å². The Hall–Kier alpha value is -5.99. The van der Waals surface area contributed by atoms with E-state index >= 15 is 0 Å². The molecular formula is C57H52N2. The van der Waals surface area contributed by atoms with Gasteiger partial charge < -0.3 is 4.57 Å². The molecule has 2 heteroatoms. The summed E-state index contributed by atoms with van der Waals surface area (Å²) >= 11 is 0. The number of rotatable bonds is 6. The van der Waals surface area contributed by atoms with E-state index in [1.807, 2.05) is 6.20 Å². The van der Waals surface area contributed by atoms with Gasteiger partial charge in [0.2, 0.25) is 0 Å². The summed E-state index contributed by atoms with van der Waals surface area (Å²) in [6.45, 7) is 7.14. The zero-order chi connectivity index (χ0) is 39.7. The number of aryl methyl sites for hydroxylation is 1. The van der Waals surface area contributed by atoms with Crippen LogP contribution in [0, 0.1) is 5.92 Å². The van der Waals surface area contributed by atoms with Crippen molar-refractivity contribution in [1.29, 1.82) is 0 Å². The molecule has 6 aliphatic rings. The number of allylic oxidation sites excluding steroid dienone is 9. The van der Waals surface area contributed by atoms with Crippen LogP contribution < -0.4 is 0 Å². The first-order valence-electron chi connectivity index (χ1n) is 22.2. The van der Waals surface area contributed by atoms with Crippen molar-refractivity contribution in [3.8, 4) is 16.8 Å². The van der Waals surface area contributed by atoms with Crippen molar-refractivity contribution in [1.82, 2.24) is 9.55 Å². The fourth-order valence-corrected chi connectivity index (χ4v) is 11.7. The fourth-order valence-electron chi connectivity index (χ4n) is 11.7. The quantitative estimate of drug-likeness (QED) is 0.165. The lowest BCUT2D eigenvalue weighted by molar-refractivity contribution is 0.490. The highest BCUT2D eigenvalue weighted by molar-refractivity contribution is 5.91. The van der Waals surface area contributed by atoms with Gasteiger partial charge in [-0.2, -0.15) is 0 Å². The van der Waals surface area contributed by atoms with Gasteiger partial charge >= 0.3 is 0 Å². The second-order valence-electron chi connectivity index (χ2n) is 17.5. The smallest absolute Gasteiger partial charge is 0.0699 e. The van der Waals surface area contributed by atoms with E-state index in [1.54, 1.807) is 11.1 Å². The van der Waals surface area contributed by atoms with Crippen LogP contribution in [0.1, 0.15) is 121 Å². The molecule has 290 valence electrons. The van der Waals surface area contributed by atoms with Crippen LogP contribution in [0.2, 0.25) is 0 Å². The van der Waals surface area contributed by atoms with Crippen LogP contribution in [-0.4, -0.2) is 9.55 Å². The SMILES string of the molecule is CCC1(CC)c2cc(/C=C/c3ccc(C4=C\C(C)C5C6=C(CCC=C6)C(C/C=C\4)c4ccccc45)nc3)ccc2-c2ccc(-n3c4c(c5ccccc53)CCC=C4)cc21. The van der Waals surface area contributed by atoms with E-state index in [4.69, 9.17) is 4.98 Å². The van der Waals surface area contributed by atoms with Crippen LogP contribution in [0.15, 0.2) is 151 Å². The van der Waals surface area contributed by atoms with Gasteiger partial charge in [-0.05, 0) is 142 Å². The topological polar surface area (TPSA) is 17.8 Å². The number of fused-ring (bicyclic) bond motifs is 9. The van der Waals surface area contributed by atoms with Gasteiger partial charge in [-0.3, -0.25) is 4.98 Å². The van der Waals surface area contributed by atoms with Gasteiger partial charge in [0.05, 0.1) is 11.2 Å². The van der Waals surface area contributed by atoms with Crippen molar-refractivity contribution in [3.05, 3.63) is 201 Å². The molecule has 59 heavy (non-hydrogen) atoms. The minimum absolute atomic E-state index is 0.0343. The molecule has 0 fully saturated rings. The van der Waals surface area contributed by atoms with Crippen LogP contribution >= 0.6 is 0 Å². The molecule has 0 amide bonds. The molecule has 0 saturated carbocycles. The number of benzene rings is 4. The predicted octanol–water partition coefficient (Wildman–Crippen LogP) is 14.7. The molecule has 2 aromatic heterocycles. The second-order valence-corrected chi connectivity index (χ2v) is 17.5. The van der Waals surface area contributed by atoms with Crippen molar-refractivity contribution in [3.63, 3.8) is 0 Å². The number of nitrogens with zero attached hydrogens (tertiary/aromatic N) is 2. The van der Waals surface area contributed by atoms with Crippen LogP contribution in [0.5, 0.6) is 0 Å². The minimum atomic E-state index is -0.0343. The number of pyridine rings is 1. The summed E-state index contributed by atoms with van der Waals surface area (Å²) in [6, 6.07) is 37.0. The van der Waals surface area contributed by atoms with Crippen LogP contribution in [-0.2, 0) is 11.8 Å². The third-order valence-corrected chi connectivity index (χ3v) is 14.6. The third-order valence-electron chi connectivity index (χ3n) is 14.6. The maximum Gasteiger partial charge on any atom is 0.0699 e. The molecule has 2 heterocycles. The van der Waals surface area contributed by atoms with Crippen LogP contribution in [0.25, 0.3) is 51.5 Å². The summed E-state index contributed by atoms with van der Waals surface area (Å²) in [5, 5.41) is 1.38. The van der Waals surface area contributed by atoms with E-state index in [-0.39, 0.29) is 5.41 Å². The number of hydrogen-bond acceptors (Lipinski definition) is 1. The summed E-state index contributed by atoms with van der Waals surface area (Å²) in [5.74, 6) is 1.18. The summed E-state index contributed by atoms with van der Waals surface area (Å²) < 4.78 is 2.50. The molecule has 6 aliphatic carbocycles. The predicted molar refractivity (Wildman–Crippen MR) is 249 cm³/mol. The largest absolute Gasteiger partial charge is 0.310 e. The van der Waals surface area contributed by atoms with Gasteiger partial charge in [0.15, 0.2) is 0 Å². The van der Waals surface area contributed by atoms with Gasteiger partial charge in [-0.15, -0.1) is 0 Å². The highest BCUT2D eigenvalue weighted by atomic mass is 15.0. The van der Waals surface area contributed by atoms with Crippen LogP contribution in [0.3, 0.4) is 0 Å². The maximum atomic E-state index is 5.07. The van der Waals surface area contributed by atoms with E-state index < -0.39 is 0 Å². The average molecular weight is 765 g/mol. The summed E-state index contributed by atoms with van der Waals surface area (Å²) in [7, 11) is 0. The zero-order valence-corrected chi connectivity index (χ0v) is 34.6. The maximum absolute atomic E-state index is 5.07. The molecule has 4 aromatic carbocycles. The molecule has 3 unspecified atom stereocenters. The Morgan fingerprint density at radius 3 is 2.32 bits per heavy atom. The van der Waals surface area contributed by atoms with E-state index in [1.165, 1.54) is 78.8 Å². The van der Waals surface area contributed by atoms with Crippen molar-refractivity contribution in [2.24, 2.45) is 5.92 Å². The van der Waals surface area contributed by atoms with Gasteiger partial charge in [0.1, 0.15) is 0 Å². The van der Waals surface area contributed by atoms with Gasteiger partial charge in [-0.1, -0.05) is 148 Å². The van der Waals surface area contributed by atoms with Crippen molar-refractivity contribution < 1.29 is 0 Å². The van der Waals surface area contributed by atoms with Crippen molar-refractivity contribution in [2.75, 3.05) is 0 Å². The van der Waals surface area contributed by atoms with Crippen LogP contribution in [0.4, 0.5) is 0 Å². The average Bonchev–Trinajstić information content (AvgIpc) is 3.77. The van der Waals surface area contributed by atoms with E-state index in [9.17, 15) is 0 Å². The Kier molecular flexibility index (Phi) is 8.80. The summed E-state index contributed by atoms with van der Waals surface area (Å²) in [4.78, 5) is 5.07. The first-order valence-corrected chi connectivity index (χ1v) is 22.2. The lowest BCUT2D eigenvalue weighted by Crippen LogP contribution is -2.24. The highest BCUT2D eigenvalue weighted by Gasteiger charge is 2.41. The molecule has 0 aliphatic heterocycles. The molecule has 6 aromatic rings. The Morgan fingerprint density at radius 2 is 1.47 bits per heavy atom. The highest BCUT2D eigenvalue weighted by Crippen LogP contribution is 2.54. The Labute approximate surface area is 349 Å². The first-order chi connectivity index (χ1) is 29.1. The normalized spacial score (nSPS) is 22.4. The number of aromatic nitrogens is 2. The monoisotopic (exact) mass is 764 g/mol. The fraction of sp³-hybridized carbons (Fsp3) is 0.246. The van der Waals surface area contributed by atoms with E-state index in [0.29, 0.717) is 17.8 Å². The summed E-state index contributed by atoms with van der Waals surface area (Å²) in [5.41, 5.74) is 21.9. The van der Waals surface area contributed by atoms with Gasteiger partial charge in [-0.25, -0.2) is 0 Å². The molecule has 0 spiro atoms. The van der Waals surface area contributed by atoms with Gasteiger partial charge in [0.25, 0.3) is 0 Å². The Morgan fingerprint density at radius 1 is 0.729 bits per heavy atom. The number of hydrogen-bond donors (Lipinski definition) is 0. The third kappa shape index (κ3) is 5.70. The standard InChI is InChI=1S/C57H52N2/c1-4-57(5-2)51-34-38(27-30-45(51)46-31-29-41(35-52(46)57)59-54-23-12-10-18-47(54)48-19-11-13-24-55(48)59)25-26-39-28-32-53(58-36-39)40-15-14-22-42-43-16-6-8-20-49(43)56(37(3)33-40)50-21-9-7-17-44(42)50/h6,8-10,12-16,18,20-21,23-37,42,56H,4-5,7,11,17,19,22H2,1-3H3/b15-14-,26-25+,40-33-. The van der Waals surface area contributed by atoms with E-state index in [0.717, 1.165) is 49.8 Å². The molecule has 12 rings (SSSR count). The molecule has 0 saturated heterocycles. The molecule has 0 N–H and O–H groups in total. The molecule has 2 nitrogen and oxygen atoms in total. The Balaban J connectivity index is 0.885. The molecule has 0 radical (unpaired) electrons. The van der Waals surface area contributed by atoms with E-state index in [2.05, 4.69) is 177 Å². The minimum Gasteiger partial charge on any atom is -0.310 e. The second kappa shape index (κ2) is 14.4. The summed E-state index contributed by atoms with van der Waals surface area (Å²) in [6.07, 6.45) is 30.9. The Bertz CT molecular complexity index is 2840. The van der Waals surface area contributed by atoms with Crippen molar-refractivity contribution >= 4 is 34.7 Å². The molecule has 3 atom stereocenters. The van der Waals surface area contributed by atoms with Crippen molar-refractivity contribution in [2.45, 2.75) is 83.0 Å². The molecule has 2 bridgehead atoms. The number of para-hydroxylation sites is 1. The first kappa shape index (κ1) is 36.1. The zero-order valence-electron chi connectivity index (χ0n) is 34.6. The molecular weight excluding hydrogens is 713 g/mol. The lowest BCUT2D eigenvalue weighted by atomic mass is 9.65. The lowest BCUT2D eigenvalue weighted by Gasteiger charge is -2.39.